The summed E-state index contributed by atoms with van der Waals surface area (Å²) in [6.45, 7) is 4.22. The molecule has 0 unspecified atom stereocenters. The lowest BCUT2D eigenvalue weighted by Gasteiger charge is -2.02. The number of aromatic nitrogens is 2. The molecule has 0 saturated carbocycles. The van der Waals surface area contributed by atoms with Crippen LogP contribution in [-0.4, -0.2) is 15.7 Å². The standard InChI is InChI=1S/C10H15ClN2S/c1-3-5-6-14-10-7-8(11)12-9(4-2)13-10/h7H,3-6H2,1-2H3. The number of unbranched alkanes of at least 4 members (excludes halogenated alkanes) is 1. The van der Waals surface area contributed by atoms with Gasteiger partial charge in [0.15, 0.2) is 0 Å². The molecule has 2 nitrogen and oxygen atoms in total. The monoisotopic (exact) mass is 230 g/mol. The summed E-state index contributed by atoms with van der Waals surface area (Å²) in [4.78, 5) is 8.51. The van der Waals surface area contributed by atoms with Crippen molar-refractivity contribution in [1.29, 1.82) is 0 Å². The van der Waals surface area contributed by atoms with Crippen molar-refractivity contribution in [2.24, 2.45) is 0 Å². The molecule has 14 heavy (non-hydrogen) atoms. The summed E-state index contributed by atoms with van der Waals surface area (Å²) in [7, 11) is 0. The summed E-state index contributed by atoms with van der Waals surface area (Å²) in [5.74, 6) is 1.93. The molecule has 0 radical (unpaired) electrons. The minimum Gasteiger partial charge on any atom is -0.227 e. The van der Waals surface area contributed by atoms with Gasteiger partial charge in [-0.1, -0.05) is 31.9 Å². The molecule has 0 spiro atoms. The van der Waals surface area contributed by atoms with Crippen LogP contribution in [0.15, 0.2) is 11.1 Å². The quantitative estimate of drug-likeness (QED) is 0.439. The second kappa shape index (κ2) is 6.25. The van der Waals surface area contributed by atoms with Gasteiger partial charge in [-0.05, 0) is 12.2 Å². The number of halogens is 1. The molecule has 1 aromatic heterocycles. The fraction of sp³-hybridized carbons (Fsp3) is 0.600. The van der Waals surface area contributed by atoms with Crippen LogP contribution in [0, 0.1) is 0 Å². The van der Waals surface area contributed by atoms with Crippen LogP contribution in [0.5, 0.6) is 0 Å². The first kappa shape index (κ1) is 11.8. The number of hydrogen-bond acceptors (Lipinski definition) is 3. The summed E-state index contributed by atoms with van der Waals surface area (Å²) in [6.07, 6.45) is 3.27. The number of hydrogen-bond donors (Lipinski definition) is 0. The highest BCUT2D eigenvalue weighted by atomic mass is 35.5. The summed E-state index contributed by atoms with van der Waals surface area (Å²) >= 11 is 7.63. The minimum atomic E-state index is 0.552. The molecule has 0 aliphatic carbocycles. The third-order valence-electron chi connectivity index (χ3n) is 1.78. The molecule has 0 fully saturated rings. The molecule has 1 rings (SSSR count). The molecule has 0 N–H and O–H groups in total. The first-order valence-corrected chi connectivity index (χ1v) is 6.28. The van der Waals surface area contributed by atoms with Crippen LogP contribution in [0.2, 0.25) is 5.15 Å². The van der Waals surface area contributed by atoms with Gasteiger partial charge in [-0.3, -0.25) is 0 Å². The zero-order chi connectivity index (χ0) is 10.4. The maximum absolute atomic E-state index is 5.88. The van der Waals surface area contributed by atoms with Crippen molar-refractivity contribution < 1.29 is 0 Å². The van der Waals surface area contributed by atoms with Crippen LogP contribution >= 0.6 is 23.4 Å². The Kier molecular flexibility index (Phi) is 5.26. The fourth-order valence-electron chi connectivity index (χ4n) is 0.995. The van der Waals surface area contributed by atoms with Crippen molar-refractivity contribution >= 4 is 23.4 Å². The van der Waals surface area contributed by atoms with E-state index in [1.54, 1.807) is 11.8 Å². The predicted octanol–water partition coefficient (Wildman–Crippen LogP) is 3.58. The van der Waals surface area contributed by atoms with E-state index in [0.29, 0.717) is 5.15 Å². The lowest BCUT2D eigenvalue weighted by Crippen LogP contribution is -1.94. The highest BCUT2D eigenvalue weighted by Crippen LogP contribution is 2.19. The van der Waals surface area contributed by atoms with Crippen molar-refractivity contribution in [3.63, 3.8) is 0 Å². The van der Waals surface area contributed by atoms with Crippen LogP contribution in [0.25, 0.3) is 0 Å². The third kappa shape index (κ3) is 3.84. The van der Waals surface area contributed by atoms with Crippen LogP contribution in [0.4, 0.5) is 0 Å². The summed E-state index contributed by atoms with van der Waals surface area (Å²) < 4.78 is 0. The van der Waals surface area contributed by atoms with Crippen LogP contribution in [0.3, 0.4) is 0 Å². The fourth-order valence-corrected chi connectivity index (χ4v) is 2.27. The summed E-state index contributed by atoms with van der Waals surface area (Å²) in [5, 5.41) is 1.55. The Hall–Kier alpha value is -0.280. The Bertz CT molecular complexity index is 291. The largest absolute Gasteiger partial charge is 0.227 e. The second-order valence-corrected chi connectivity index (χ2v) is 4.50. The molecule has 0 saturated heterocycles. The van der Waals surface area contributed by atoms with Crippen molar-refractivity contribution in [3.8, 4) is 0 Å². The van der Waals surface area contributed by atoms with Crippen molar-refractivity contribution in [2.75, 3.05) is 5.75 Å². The van der Waals surface area contributed by atoms with Gasteiger partial charge in [-0.2, -0.15) is 0 Å². The Labute approximate surface area is 94.5 Å². The van der Waals surface area contributed by atoms with E-state index < -0.39 is 0 Å². The lowest BCUT2D eigenvalue weighted by molar-refractivity contribution is 0.876. The molecule has 0 bridgehead atoms. The SMILES string of the molecule is CCCCSc1cc(Cl)nc(CC)n1. The average Bonchev–Trinajstić information content (AvgIpc) is 2.17. The van der Waals surface area contributed by atoms with Crippen LogP contribution in [0.1, 0.15) is 32.5 Å². The number of thioether (sulfide) groups is 1. The average molecular weight is 231 g/mol. The first-order valence-electron chi connectivity index (χ1n) is 4.92. The molecule has 4 heteroatoms. The van der Waals surface area contributed by atoms with E-state index in [0.717, 1.165) is 23.0 Å². The van der Waals surface area contributed by atoms with Gasteiger partial charge in [0.1, 0.15) is 16.0 Å². The van der Waals surface area contributed by atoms with Gasteiger partial charge in [0.25, 0.3) is 0 Å². The molecule has 0 aliphatic rings. The number of nitrogens with zero attached hydrogens (tertiary/aromatic N) is 2. The Balaban J connectivity index is 2.62. The Morgan fingerprint density at radius 3 is 2.79 bits per heavy atom. The van der Waals surface area contributed by atoms with Gasteiger partial charge in [-0.15, -0.1) is 11.8 Å². The zero-order valence-corrected chi connectivity index (χ0v) is 10.2. The maximum atomic E-state index is 5.88. The molecule has 0 aromatic carbocycles. The summed E-state index contributed by atoms with van der Waals surface area (Å²) in [5.41, 5.74) is 0. The van der Waals surface area contributed by atoms with Gasteiger partial charge >= 0.3 is 0 Å². The highest BCUT2D eigenvalue weighted by molar-refractivity contribution is 7.99. The van der Waals surface area contributed by atoms with Crippen molar-refractivity contribution in [2.45, 2.75) is 38.1 Å². The van der Waals surface area contributed by atoms with Gasteiger partial charge in [0.05, 0.1) is 0 Å². The van der Waals surface area contributed by atoms with E-state index >= 15 is 0 Å². The van der Waals surface area contributed by atoms with Gasteiger partial charge in [0.2, 0.25) is 0 Å². The van der Waals surface area contributed by atoms with E-state index in [-0.39, 0.29) is 0 Å². The molecule has 1 heterocycles. The van der Waals surface area contributed by atoms with Gasteiger partial charge in [0, 0.05) is 12.5 Å². The van der Waals surface area contributed by atoms with Gasteiger partial charge in [-0.25, -0.2) is 9.97 Å². The molecule has 78 valence electrons. The first-order chi connectivity index (χ1) is 6.76. The Morgan fingerprint density at radius 1 is 1.36 bits per heavy atom. The maximum Gasteiger partial charge on any atom is 0.133 e. The van der Waals surface area contributed by atoms with Crippen molar-refractivity contribution in [1.82, 2.24) is 9.97 Å². The number of rotatable bonds is 5. The normalized spacial score (nSPS) is 10.5. The smallest absolute Gasteiger partial charge is 0.133 e. The molecular weight excluding hydrogens is 216 g/mol. The molecule has 0 atom stereocenters. The molecule has 0 amide bonds. The molecular formula is C10H15ClN2S. The minimum absolute atomic E-state index is 0.552. The second-order valence-electron chi connectivity index (χ2n) is 3.00. The van der Waals surface area contributed by atoms with Crippen molar-refractivity contribution in [3.05, 3.63) is 17.0 Å². The highest BCUT2D eigenvalue weighted by Gasteiger charge is 2.01. The van der Waals surface area contributed by atoms with Crippen LogP contribution < -0.4 is 0 Å². The lowest BCUT2D eigenvalue weighted by atomic mass is 10.4. The Morgan fingerprint density at radius 2 is 2.14 bits per heavy atom. The van der Waals surface area contributed by atoms with E-state index in [1.165, 1.54) is 12.8 Å². The molecule has 0 aliphatic heterocycles. The number of aryl methyl sites for hydroxylation is 1. The topological polar surface area (TPSA) is 25.8 Å². The third-order valence-corrected chi connectivity index (χ3v) is 2.97. The van der Waals surface area contributed by atoms with E-state index in [1.807, 2.05) is 13.0 Å². The zero-order valence-electron chi connectivity index (χ0n) is 8.59. The predicted molar refractivity (Wildman–Crippen MR) is 62.1 cm³/mol. The van der Waals surface area contributed by atoms with E-state index in [4.69, 9.17) is 11.6 Å². The van der Waals surface area contributed by atoms with E-state index in [2.05, 4.69) is 16.9 Å². The van der Waals surface area contributed by atoms with E-state index in [9.17, 15) is 0 Å². The molecule has 1 aromatic rings. The van der Waals surface area contributed by atoms with Gasteiger partial charge < -0.3 is 0 Å². The van der Waals surface area contributed by atoms with Crippen LogP contribution in [-0.2, 0) is 6.42 Å². The summed E-state index contributed by atoms with van der Waals surface area (Å²) in [6, 6.07) is 1.83.